The lowest BCUT2D eigenvalue weighted by atomic mass is 10.0. The second-order valence-corrected chi connectivity index (χ2v) is 8.34. The number of carbonyl (C=O) groups is 1. The topological polar surface area (TPSA) is 125 Å². The van der Waals surface area contributed by atoms with Crippen LogP contribution in [-0.2, 0) is 4.79 Å². The number of rotatable bonds is 6. The molecule has 178 valence electrons. The third-order valence-corrected chi connectivity index (χ3v) is 5.93. The first-order valence-corrected chi connectivity index (χ1v) is 11.4. The Morgan fingerprint density at radius 2 is 2.06 bits per heavy atom. The van der Waals surface area contributed by atoms with Crippen molar-refractivity contribution in [1.82, 2.24) is 30.1 Å². The van der Waals surface area contributed by atoms with E-state index in [1.807, 2.05) is 19.1 Å². The molecule has 0 aliphatic carbocycles. The van der Waals surface area contributed by atoms with Crippen molar-refractivity contribution in [1.29, 1.82) is 0 Å². The zero-order chi connectivity index (χ0) is 24.6. The molecule has 0 saturated heterocycles. The molecular weight excluding hydrogens is 461 g/mol. The van der Waals surface area contributed by atoms with E-state index in [2.05, 4.69) is 35.5 Å². The maximum atomic E-state index is 16.0. The predicted octanol–water partition coefficient (Wildman–Crippen LogP) is 5.70. The smallest absolute Gasteiger partial charge is 0.224 e. The van der Waals surface area contributed by atoms with Crippen molar-refractivity contribution < 1.29 is 13.6 Å². The molecule has 0 fully saturated rings. The molecule has 10 heteroatoms. The number of H-pyrrole nitrogens is 2. The van der Waals surface area contributed by atoms with E-state index < -0.39 is 5.82 Å². The molecule has 0 radical (unpaired) electrons. The number of aromatic nitrogens is 6. The van der Waals surface area contributed by atoms with Gasteiger partial charge in [0.25, 0.3) is 0 Å². The van der Waals surface area contributed by atoms with E-state index in [9.17, 15) is 4.79 Å². The molecule has 0 saturated carbocycles. The summed E-state index contributed by atoms with van der Waals surface area (Å²) < 4.78 is 21.2. The summed E-state index contributed by atoms with van der Waals surface area (Å²) in [6, 6.07) is 8.82. The summed E-state index contributed by atoms with van der Waals surface area (Å²) in [5.41, 5.74) is 5.14. The molecule has 0 aliphatic heterocycles. The highest BCUT2D eigenvalue weighted by Gasteiger charge is 2.21. The Morgan fingerprint density at radius 3 is 2.89 bits per heavy atom. The summed E-state index contributed by atoms with van der Waals surface area (Å²) >= 11 is 0. The van der Waals surface area contributed by atoms with Gasteiger partial charge >= 0.3 is 0 Å². The molecule has 1 aromatic carbocycles. The summed E-state index contributed by atoms with van der Waals surface area (Å²) in [6.45, 7) is 1.93. The normalized spacial score (nSPS) is 11.4. The summed E-state index contributed by atoms with van der Waals surface area (Å²) in [6.07, 6.45) is 9.12. The molecule has 6 rings (SSSR count). The average molecular weight is 481 g/mol. The van der Waals surface area contributed by atoms with Crippen LogP contribution in [0.2, 0.25) is 0 Å². The number of carbonyl (C=O) groups excluding carboxylic acids is 1. The van der Waals surface area contributed by atoms with Crippen LogP contribution in [-0.4, -0.2) is 36.0 Å². The lowest BCUT2D eigenvalue weighted by molar-refractivity contribution is -0.116. The van der Waals surface area contributed by atoms with Crippen LogP contribution in [0.5, 0.6) is 0 Å². The number of anilines is 1. The molecule has 0 unspecified atom stereocenters. The van der Waals surface area contributed by atoms with Gasteiger partial charge in [0, 0.05) is 41.1 Å². The minimum absolute atomic E-state index is 0.113. The van der Waals surface area contributed by atoms with Crippen molar-refractivity contribution in [2.45, 2.75) is 19.8 Å². The number of benzene rings is 1. The summed E-state index contributed by atoms with van der Waals surface area (Å²) in [7, 11) is 0. The van der Waals surface area contributed by atoms with Gasteiger partial charge in [-0.2, -0.15) is 5.10 Å². The van der Waals surface area contributed by atoms with Crippen molar-refractivity contribution >= 4 is 33.7 Å². The van der Waals surface area contributed by atoms with E-state index in [-0.39, 0.29) is 11.3 Å². The van der Waals surface area contributed by atoms with E-state index in [4.69, 9.17) is 4.42 Å². The minimum Gasteiger partial charge on any atom is -0.472 e. The molecule has 1 amide bonds. The van der Waals surface area contributed by atoms with Gasteiger partial charge in [0.05, 0.1) is 40.8 Å². The van der Waals surface area contributed by atoms with E-state index in [0.29, 0.717) is 51.4 Å². The fraction of sp³-hybridized carbons (Fsp3) is 0.115. The highest BCUT2D eigenvalue weighted by molar-refractivity contribution is 5.98. The van der Waals surface area contributed by atoms with Crippen LogP contribution < -0.4 is 5.32 Å². The lowest BCUT2D eigenvalue weighted by Crippen LogP contribution is -2.10. The minimum atomic E-state index is -0.474. The molecule has 0 bridgehead atoms. The number of imidazole rings is 1. The number of furan rings is 1. The zero-order valence-corrected chi connectivity index (χ0v) is 19.2. The monoisotopic (exact) mass is 481 g/mol. The maximum Gasteiger partial charge on any atom is 0.224 e. The second kappa shape index (κ2) is 8.73. The van der Waals surface area contributed by atoms with Crippen LogP contribution in [0.4, 0.5) is 10.1 Å². The van der Waals surface area contributed by atoms with Crippen LogP contribution >= 0.6 is 0 Å². The highest BCUT2D eigenvalue weighted by atomic mass is 19.1. The van der Waals surface area contributed by atoms with Gasteiger partial charge in [-0.25, -0.2) is 14.4 Å². The Morgan fingerprint density at radius 1 is 1.14 bits per heavy atom. The van der Waals surface area contributed by atoms with Crippen LogP contribution in [0.15, 0.2) is 65.9 Å². The molecule has 0 spiro atoms. The SMILES string of the molecule is CCCC(=O)Nc1cncc(-c2ccc3[nH]nc(-c4nc5nccc(-c6ccoc6)c5[nH]4)c3c2F)c1. The Hall–Kier alpha value is -4.86. The number of halogens is 1. The third-order valence-electron chi connectivity index (χ3n) is 5.93. The zero-order valence-electron chi connectivity index (χ0n) is 19.2. The molecular formula is C26H20FN7O2. The van der Waals surface area contributed by atoms with E-state index in [0.717, 1.165) is 17.5 Å². The number of hydrogen-bond acceptors (Lipinski definition) is 6. The van der Waals surface area contributed by atoms with Crippen molar-refractivity contribution in [3.63, 3.8) is 0 Å². The molecule has 5 aromatic heterocycles. The van der Waals surface area contributed by atoms with Gasteiger partial charge in [0.2, 0.25) is 5.91 Å². The Labute approximate surface area is 203 Å². The van der Waals surface area contributed by atoms with Crippen molar-refractivity contribution in [2.24, 2.45) is 0 Å². The summed E-state index contributed by atoms with van der Waals surface area (Å²) in [5, 5.41) is 10.3. The number of nitrogens with one attached hydrogen (secondary N) is 3. The van der Waals surface area contributed by atoms with Gasteiger partial charge < -0.3 is 14.7 Å². The summed E-state index contributed by atoms with van der Waals surface area (Å²) in [5.74, 6) is -0.203. The van der Waals surface area contributed by atoms with Crippen molar-refractivity contribution in [3.05, 3.63) is 67.3 Å². The van der Waals surface area contributed by atoms with Gasteiger partial charge in [0.15, 0.2) is 11.5 Å². The van der Waals surface area contributed by atoms with E-state index in [1.165, 1.54) is 6.20 Å². The number of amides is 1. The second-order valence-electron chi connectivity index (χ2n) is 8.34. The molecule has 6 aromatic rings. The molecule has 0 aliphatic rings. The molecule has 9 nitrogen and oxygen atoms in total. The van der Waals surface area contributed by atoms with Crippen LogP contribution in [0, 0.1) is 5.82 Å². The Kier molecular flexibility index (Phi) is 5.25. The predicted molar refractivity (Wildman–Crippen MR) is 133 cm³/mol. The molecule has 3 N–H and O–H groups in total. The molecule has 5 heterocycles. The van der Waals surface area contributed by atoms with Crippen molar-refractivity contribution in [2.75, 3.05) is 5.32 Å². The Balaban J connectivity index is 1.44. The summed E-state index contributed by atoms with van der Waals surface area (Å²) in [4.78, 5) is 28.4. The first-order chi connectivity index (χ1) is 17.6. The number of hydrogen-bond donors (Lipinski definition) is 3. The fourth-order valence-electron chi connectivity index (χ4n) is 4.25. The van der Waals surface area contributed by atoms with Gasteiger partial charge in [-0.1, -0.05) is 6.92 Å². The van der Waals surface area contributed by atoms with Gasteiger partial charge in [-0.05, 0) is 36.8 Å². The van der Waals surface area contributed by atoms with E-state index in [1.54, 1.807) is 43.1 Å². The van der Waals surface area contributed by atoms with E-state index >= 15 is 4.39 Å². The van der Waals surface area contributed by atoms with Crippen LogP contribution in [0.3, 0.4) is 0 Å². The van der Waals surface area contributed by atoms with Crippen LogP contribution in [0.1, 0.15) is 19.8 Å². The first kappa shape index (κ1) is 21.7. The largest absolute Gasteiger partial charge is 0.472 e. The first-order valence-electron chi connectivity index (χ1n) is 11.4. The van der Waals surface area contributed by atoms with Gasteiger partial charge in [-0.3, -0.25) is 14.9 Å². The molecule has 36 heavy (non-hydrogen) atoms. The van der Waals surface area contributed by atoms with Gasteiger partial charge in [0.1, 0.15) is 11.5 Å². The van der Waals surface area contributed by atoms with Crippen LogP contribution in [0.25, 0.3) is 55.8 Å². The molecule has 0 atom stereocenters. The van der Waals surface area contributed by atoms with Crippen molar-refractivity contribution in [3.8, 4) is 33.8 Å². The van der Waals surface area contributed by atoms with Gasteiger partial charge in [-0.15, -0.1) is 0 Å². The maximum absolute atomic E-state index is 16.0. The average Bonchev–Trinajstić information content (AvgIpc) is 3.63. The number of pyridine rings is 2. The number of aromatic amines is 2. The quantitative estimate of drug-likeness (QED) is 0.280. The number of fused-ring (bicyclic) bond motifs is 2. The standard InChI is InChI=1S/C26H20FN7O2/c1-2-3-20(35)30-16-10-15(11-28-12-16)17-4-5-19-21(22(17)27)24(34-33-19)26-31-23-18(14-7-9-36-13-14)6-8-29-25(23)32-26/h4-13H,2-3H2,1H3,(H,30,35)(H,33,34)(H,29,31,32). The fourth-order valence-corrected chi connectivity index (χ4v) is 4.25. The number of nitrogens with zero attached hydrogens (tertiary/aromatic N) is 4. The lowest BCUT2D eigenvalue weighted by Gasteiger charge is -2.08. The Bertz CT molecular complexity index is 1720. The highest BCUT2D eigenvalue weighted by Crippen LogP contribution is 2.35. The third kappa shape index (κ3) is 3.68.